The number of benzene rings is 2. The van der Waals surface area contributed by atoms with Crippen molar-refractivity contribution in [2.45, 2.75) is 0 Å². The van der Waals surface area contributed by atoms with Gasteiger partial charge in [0.05, 0.1) is 10.6 Å². The summed E-state index contributed by atoms with van der Waals surface area (Å²) in [6.07, 6.45) is 0.668. The zero-order valence-electron chi connectivity index (χ0n) is 11.2. The number of ketones is 1. The molecule has 0 atom stereocenters. The molecule has 0 radical (unpaired) electrons. The second-order valence-electron chi connectivity index (χ2n) is 4.36. The maximum absolute atomic E-state index is 12.0. The molecule has 2 aromatic rings. The molecule has 0 saturated heterocycles. The fourth-order valence-electron chi connectivity index (χ4n) is 1.71. The van der Waals surface area contributed by atoms with Crippen LogP contribution < -0.4 is 0 Å². The third kappa shape index (κ3) is 3.93. The van der Waals surface area contributed by atoms with Crippen LogP contribution in [0.4, 0.5) is 0 Å². The van der Waals surface area contributed by atoms with Crippen LogP contribution in [0.1, 0.15) is 31.1 Å². The Labute approximate surface area is 136 Å². The Hall–Kier alpha value is -2.17. The van der Waals surface area contributed by atoms with E-state index >= 15 is 0 Å². The topological polar surface area (TPSA) is 60.4 Å². The van der Waals surface area contributed by atoms with Crippen molar-refractivity contribution in [3.63, 3.8) is 0 Å². The highest BCUT2D eigenvalue weighted by molar-refractivity contribution is 6.36. The maximum atomic E-state index is 12.0. The van der Waals surface area contributed by atoms with Crippen LogP contribution in [0.15, 0.2) is 42.5 Å². The molecule has 0 bridgehead atoms. The number of hydrogen-bond donors (Lipinski definition) is 0. The first-order valence-electron chi connectivity index (χ1n) is 6.22. The molecule has 0 heterocycles. The van der Waals surface area contributed by atoms with E-state index < -0.39 is 18.4 Å². The van der Waals surface area contributed by atoms with Crippen molar-refractivity contribution < 1.29 is 19.1 Å². The molecule has 22 heavy (non-hydrogen) atoms. The van der Waals surface area contributed by atoms with Gasteiger partial charge in [0.2, 0.25) is 5.78 Å². The smallest absolute Gasteiger partial charge is 0.338 e. The molecule has 0 unspecified atom stereocenters. The predicted molar refractivity (Wildman–Crippen MR) is 82.9 cm³/mol. The fraction of sp³-hybridized carbons (Fsp3) is 0.0625. The lowest BCUT2D eigenvalue weighted by atomic mass is 10.1. The number of carbonyl (C=O) groups is 3. The molecular weight excluding hydrogens is 327 g/mol. The Morgan fingerprint density at radius 2 is 1.73 bits per heavy atom. The molecule has 0 aliphatic carbocycles. The molecule has 2 aromatic carbocycles. The summed E-state index contributed by atoms with van der Waals surface area (Å²) >= 11 is 11.7. The highest BCUT2D eigenvalue weighted by Gasteiger charge is 2.14. The van der Waals surface area contributed by atoms with E-state index in [0.717, 1.165) is 0 Å². The number of Topliss-reactive ketones (excluding diaryl/α,β-unsaturated/α-hetero) is 1. The van der Waals surface area contributed by atoms with E-state index in [1.807, 2.05) is 0 Å². The quantitative estimate of drug-likeness (QED) is 0.472. The van der Waals surface area contributed by atoms with Crippen molar-refractivity contribution >= 4 is 41.2 Å². The first kappa shape index (κ1) is 16.2. The molecule has 0 spiro atoms. The van der Waals surface area contributed by atoms with Gasteiger partial charge in [-0.15, -0.1) is 0 Å². The van der Waals surface area contributed by atoms with Crippen molar-refractivity contribution in [2.24, 2.45) is 0 Å². The van der Waals surface area contributed by atoms with E-state index in [9.17, 15) is 14.4 Å². The monoisotopic (exact) mass is 336 g/mol. The number of rotatable bonds is 5. The van der Waals surface area contributed by atoms with Crippen LogP contribution in [0.2, 0.25) is 10.0 Å². The molecule has 0 aliphatic rings. The Balaban J connectivity index is 2.00. The average Bonchev–Trinajstić information content (AvgIpc) is 2.52. The zero-order valence-corrected chi connectivity index (χ0v) is 12.7. The van der Waals surface area contributed by atoms with Crippen LogP contribution in [0.25, 0.3) is 0 Å². The molecule has 0 aromatic heterocycles. The van der Waals surface area contributed by atoms with Crippen molar-refractivity contribution in [1.82, 2.24) is 0 Å². The van der Waals surface area contributed by atoms with Crippen molar-refractivity contribution in [1.29, 1.82) is 0 Å². The van der Waals surface area contributed by atoms with Crippen LogP contribution >= 0.6 is 23.2 Å². The van der Waals surface area contributed by atoms with Gasteiger partial charge in [0, 0.05) is 16.1 Å². The summed E-state index contributed by atoms with van der Waals surface area (Å²) in [6, 6.07) is 10.3. The van der Waals surface area contributed by atoms with Crippen LogP contribution in [-0.4, -0.2) is 24.6 Å². The van der Waals surface area contributed by atoms with Gasteiger partial charge in [-0.05, 0) is 30.3 Å². The van der Waals surface area contributed by atoms with E-state index in [2.05, 4.69) is 0 Å². The SMILES string of the molecule is O=Cc1ccc(C(=O)OCC(=O)c2ccc(Cl)cc2Cl)cc1. The number of carbonyl (C=O) groups excluding carboxylic acids is 3. The van der Waals surface area contributed by atoms with E-state index in [-0.39, 0.29) is 16.1 Å². The van der Waals surface area contributed by atoms with Gasteiger partial charge in [0.1, 0.15) is 6.29 Å². The minimum atomic E-state index is -0.657. The lowest BCUT2D eigenvalue weighted by Gasteiger charge is -2.06. The lowest BCUT2D eigenvalue weighted by molar-refractivity contribution is 0.0474. The van der Waals surface area contributed by atoms with Gasteiger partial charge in [-0.25, -0.2) is 4.79 Å². The molecule has 6 heteroatoms. The Morgan fingerprint density at radius 1 is 1.05 bits per heavy atom. The molecule has 0 aliphatic heterocycles. The summed E-state index contributed by atoms with van der Waals surface area (Å²) in [7, 11) is 0. The second-order valence-corrected chi connectivity index (χ2v) is 5.21. The van der Waals surface area contributed by atoms with Crippen LogP contribution in [-0.2, 0) is 4.74 Å². The van der Waals surface area contributed by atoms with E-state index in [0.29, 0.717) is 16.9 Å². The summed E-state index contributed by atoms with van der Waals surface area (Å²) in [5, 5.41) is 0.609. The first-order valence-corrected chi connectivity index (χ1v) is 6.97. The van der Waals surface area contributed by atoms with Crippen molar-refractivity contribution in [3.05, 3.63) is 69.2 Å². The third-order valence-corrected chi connectivity index (χ3v) is 3.40. The Morgan fingerprint density at radius 3 is 2.32 bits per heavy atom. The van der Waals surface area contributed by atoms with Gasteiger partial charge in [0.25, 0.3) is 0 Å². The lowest BCUT2D eigenvalue weighted by Crippen LogP contribution is -2.14. The molecule has 0 fully saturated rings. The zero-order chi connectivity index (χ0) is 16.1. The minimum Gasteiger partial charge on any atom is -0.454 e. The van der Waals surface area contributed by atoms with Gasteiger partial charge >= 0.3 is 5.97 Å². The van der Waals surface area contributed by atoms with Crippen LogP contribution in [0, 0.1) is 0 Å². The number of aldehydes is 1. The maximum Gasteiger partial charge on any atom is 0.338 e. The van der Waals surface area contributed by atoms with Gasteiger partial charge in [-0.2, -0.15) is 0 Å². The molecule has 0 N–H and O–H groups in total. The standard InChI is InChI=1S/C16H10Cl2O4/c17-12-5-6-13(14(18)7-12)15(20)9-22-16(21)11-3-1-10(8-19)2-4-11/h1-8H,9H2. The number of ether oxygens (including phenoxy) is 1. The van der Waals surface area contributed by atoms with Crippen LogP contribution in [0.3, 0.4) is 0 Å². The third-order valence-electron chi connectivity index (χ3n) is 2.85. The summed E-state index contributed by atoms with van der Waals surface area (Å²) < 4.78 is 4.93. The highest BCUT2D eigenvalue weighted by Crippen LogP contribution is 2.21. The molecule has 4 nitrogen and oxygen atoms in total. The van der Waals surface area contributed by atoms with Crippen LogP contribution in [0.5, 0.6) is 0 Å². The largest absolute Gasteiger partial charge is 0.454 e. The van der Waals surface area contributed by atoms with Gasteiger partial charge in [-0.1, -0.05) is 35.3 Å². The number of esters is 1. The van der Waals surface area contributed by atoms with Crippen molar-refractivity contribution in [3.8, 4) is 0 Å². The molecule has 0 saturated carbocycles. The number of hydrogen-bond acceptors (Lipinski definition) is 4. The average molecular weight is 337 g/mol. The van der Waals surface area contributed by atoms with E-state index in [1.54, 1.807) is 0 Å². The Kier molecular flexibility index (Phi) is 5.31. The number of halogens is 2. The van der Waals surface area contributed by atoms with Gasteiger partial charge in [0.15, 0.2) is 6.61 Å². The Bertz CT molecular complexity index is 723. The van der Waals surface area contributed by atoms with Gasteiger partial charge in [-0.3, -0.25) is 9.59 Å². The summed E-state index contributed by atoms with van der Waals surface area (Å²) in [6.45, 7) is -0.435. The van der Waals surface area contributed by atoms with E-state index in [4.69, 9.17) is 27.9 Å². The summed E-state index contributed by atoms with van der Waals surface area (Å²) in [4.78, 5) is 34.3. The van der Waals surface area contributed by atoms with Crippen molar-refractivity contribution in [2.75, 3.05) is 6.61 Å². The highest BCUT2D eigenvalue weighted by atomic mass is 35.5. The summed E-state index contributed by atoms with van der Waals surface area (Å²) in [5.74, 6) is -1.09. The van der Waals surface area contributed by atoms with E-state index in [1.165, 1.54) is 42.5 Å². The minimum absolute atomic E-state index is 0.198. The summed E-state index contributed by atoms with van der Waals surface area (Å²) in [5.41, 5.74) is 0.927. The first-order chi connectivity index (χ1) is 10.5. The molecule has 112 valence electrons. The predicted octanol–water partition coefficient (Wildman–Crippen LogP) is 3.85. The fourth-order valence-corrected chi connectivity index (χ4v) is 2.22. The molecule has 0 amide bonds. The van der Waals surface area contributed by atoms with Gasteiger partial charge < -0.3 is 4.74 Å². The molecule has 2 rings (SSSR count). The normalized spacial score (nSPS) is 10.1. The second kappa shape index (κ2) is 7.20. The molecular formula is C16H10Cl2O4.